The van der Waals surface area contributed by atoms with Crippen LogP contribution in [0.15, 0.2) is 42.6 Å². The fraction of sp³-hybridized carbons (Fsp3) is 0.412. The second-order valence-electron chi connectivity index (χ2n) is 6.11. The summed E-state index contributed by atoms with van der Waals surface area (Å²) in [7, 11) is 0. The standard InChI is InChI=1S/C17H24N2/c1-17(2,3)15-8-6-14(7-9-15)13-19-12-4-5-16(19)10-11-18/h4-9,12H,10-11,13,18H2,1-3H3. The van der Waals surface area contributed by atoms with E-state index >= 15 is 0 Å². The molecule has 0 aliphatic rings. The third-order valence-corrected chi connectivity index (χ3v) is 3.50. The van der Waals surface area contributed by atoms with Gasteiger partial charge in [0, 0.05) is 18.4 Å². The van der Waals surface area contributed by atoms with E-state index < -0.39 is 0 Å². The van der Waals surface area contributed by atoms with E-state index in [9.17, 15) is 0 Å². The molecule has 19 heavy (non-hydrogen) atoms. The molecule has 0 amide bonds. The van der Waals surface area contributed by atoms with Crippen molar-refractivity contribution in [1.29, 1.82) is 0 Å². The second-order valence-corrected chi connectivity index (χ2v) is 6.11. The third kappa shape index (κ3) is 3.48. The van der Waals surface area contributed by atoms with Crippen molar-refractivity contribution in [2.24, 2.45) is 5.73 Å². The fourth-order valence-corrected chi connectivity index (χ4v) is 2.29. The van der Waals surface area contributed by atoms with Gasteiger partial charge in [-0.2, -0.15) is 0 Å². The quantitative estimate of drug-likeness (QED) is 0.893. The Morgan fingerprint density at radius 1 is 1.05 bits per heavy atom. The van der Waals surface area contributed by atoms with E-state index in [-0.39, 0.29) is 5.41 Å². The van der Waals surface area contributed by atoms with Crippen molar-refractivity contribution in [3.8, 4) is 0 Å². The van der Waals surface area contributed by atoms with Gasteiger partial charge in [-0.15, -0.1) is 0 Å². The van der Waals surface area contributed by atoms with Crippen LogP contribution in [0.1, 0.15) is 37.6 Å². The molecule has 0 saturated heterocycles. The van der Waals surface area contributed by atoms with Crippen LogP contribution in [0, 0.1) is 0 Å². The van der Waals surface area contributed by atoms with Gasteiger partial charge in [0.05, 0.1) is 0 Å². The molecule has 1 heterocycles. The summed E-state index contributed by atoms with van der Waals surface area (Å²) in [5, 5.41) is 0. The lowest BCUT2D eigenvalue weighted by molar-refractivity contribution is 0.589. The smallest absolute Gasteiger partial charge is 0.0472 e. The van der Waals surface area contributed by atoms with E-state index in [1.807, 2.05) is 0 Å². The Kier molecular flexibility index (Phi) is 4.11. The zero-order valence-electron chi connectivity index (χ0n) is 12.2. The number of benzene rings is 1. The molecule has 0 saturated carbocycles. The Morgan fingerprint density at radius 2 is 1.74 bits per heavy atom. The molecule has 0 spiro atoms. The summed E-state index contributed by atoms with van der Waals surface area (Å²) in [6.45, 7) is 8.35. The van der Waals surface area contributed by atoms with Crippen LogP contribution >= 0.6 is 0 Å². The average molecular weight is 256 g/mol. The number of aromatic nitrogens is 1. The monoisotopic (exact) mass is 256 g/mol. The molecular weight excluding hydrogens is 232 g/mol. The van der Waals surface area contributed by atoms with Crippen LogP contribution in [0.3, 0.4) is 0 Å². The Hall–Kier alpha value is -1.54. The van der Waals surface area contributed by atoms with Crippen LogP contribution in [0.25, 0.3) is 0 Å². The number of hydrogen-bond acceptors (Lipinski definition) is 1. The van der Waals surface area contributed by atoms with Crippen LogP contribution in [-0.2, 0) is 18.4 Å². The highest BCUT2D eigenvalue weighted by Gasteiger charge is 2.12. The molecule has 2 aromatic rings. The molecule has 0 unspecified atom stereocenters. The predicted molar refractivity (Wildman–Crippen MR) is 81.4 cm³/mol. The molecule has 0 aliphatic heterocycles. The van der Waals surface area contributed by atoms with Crippen molar-refractivity contribution in [2.75, 3.05) is 6.54 Å². The van der Waals surface area contributed by atoms with E-state index in [1.54, 1.807) is 0 Å². The van der Waals surface area contributed by atoms with Gasteiger partial charge in [-0.25, -0.2) is 0 Å². The molecule has 0 radical (unpaired) electrons. The first-order valence-corrected chi connectivity index (χ1v) is 6.94. The Morgan fingerprint density at radius 3 is 2.32 bits per heavy atom. The van der Waals surface area contributed by atoms with Crippen molar-refractivity contribution in [3.63, 3.8) is 0 Å². The van der Waals surface area contributed by atoms with Crippen LogP contribution in [-0.4, -0.2) is 11.1 Å². The predicted octanol–water partition coefficient (Wildman–Crippen LogP) is 3.34. The van der Waals surface area contributed by atoms with Gasteiger partial charge in [0.2, 0.25) is 0 Å². The fourth-order valence-electron chi connectivity index (χ4n) is 2.29. The first-order chi connectivity index (χ1) is 9.00. The van der Waals surface area contributed by atoms with E-state index in [2.05, 4.69) is 67.9 Å². The van der Waals surface area contributed by atoms with Crippen molar-refractivity contribution >= 4 is 0 Å². The molecule has 0 atom stereocenters. The van der Waals surface area contributed by atoms with Crippen molar-refractivity contribution < 1.29 is 0 Å². The molecule has 2 N–H and O–H groups in total. The Bertz CT molecular complexity index is 515. The summed E-state index contributed by atoms with van der Waals surface area (Å²) < 4.78 is 2.28. The van der Waals surface area contributed by atoms with E-state index in [0.29, 0.717) is 6.54 Å². The highest BCUT2D eigenvalue weighted by Crippen LogP contribution is 2.22. The Balaban J connectivity index is 2.13. The van der Waals surface area contributed by atoms with Gasteiger partial charge in [0.25, 0.3) is 0 Å². The first-order valence-electron chi connectivity index (χ1n) is 6.94. The molecule has 1 aromatic carbocycles. The highest BCUT2D eigenvalue weighted by molar-refractivity contribution is 5.28. The van der Waals surface area contributed by atoms with Crippen molar-refractivity contribution in [1.82, 2.24) is 4.57 Å². The van der Waals surface area contributed by atoms with Gasteiger partial charge in [-0.3, -0.25) is 0 Å². The summed E-state index contributed by atoms with van der Waals surface area (Å²) in [5.41, 5.74) is 9.88. The van der Waals surface area contributed by atoms with Crippen LogP contribution in [0.4, 0.5) is 0 Å². The minimum Gasteiger partial charge on any atom is -0.347 e. The summed E-state index contributed by atoms with van der Waals surface area (Å²) in [4.78, 5) is 0. The number of nitrogens with zero attached hydrogens (tertiary/aromatic N) is 1. The molecular formula is C17H24N2. The SMILES string of the molecule is CC(C)(C)c1ccc(Cn2cccc2CCN)cc1. The van der Waals surface area contributed by atoms with Crippen LogP contribution in [0.2, 0.25) is 0 Å². The van der Waals surface area contributed by atoms with E-state index in [1.165, 1.54) is 16.8 Å². The molecule has 102 valence electrons. The Labute approximate surface area is 116 Å². The number of nitrogens with two attached hydrogens (primary N) is 1. The molecule has 2 nitrogen and oxygen atoms in total. The van der Waals surface area contributed by atoms with Gasteiger partial charge in [-0.1, -0.05) is 45.0 Å². The molecule has 2 heteroatoms. The maximum absolute atomic E-state index is 5.64. The van der Waals surface area contributed by atoms with Gasteiger partial charge in [-0.05, 0) is 41.6 Å². The topological polar surface area (TPSA) is 30.9 Å². The van der Waals surface area contributed by atoms with Crippen molar-refractivity contribution in [2.45, 2.75) is 39.2 Å². The third-order valence-electron chi connectivity index (χ3n) is 3.50. The summed E-state index contributed by atoms with van der Waals surface area (Å²) in [5.74, 6) is 0. The van der Waals surface area contributed by atoms with Crippen LogP contribution < -0.4 is 5.73 Å². The van der Waals surface area contributed by atoms with Gasteiger partial charge >= 0.3 is 0 Å². The summed E-state index contributed by atoms with van der Waals surface area (Å²) >= 11 is 0. The lowest BCUT2D eigenvalue weighted by Crippen LogP contribution is -2.11. The lowest BCUT2D eigenvalue weighted by atomic mass is 9.87. The maximum Gasteiger partial charge on any atom is 0.0472 e. The average Bonchev–Trinajstić information content (AvgIpc) is 2.77. The minimum absolute atomic E-state index is 0.219. The van der Waals surface area contributed by atoms with Gasteiger partial charge in [0.1, 0.15) is 0 Å². The molecule has 1 aromatic heterocycles. The summed E-state index contributed by atoms with van der Waals surface area (Å²) in [6.07, 6.45) is 3.07. The molecule has 0 aliphatic carbocycles. The van der Waals surface area contributed by atoms with Gasteiger partial charge in [0.15, 0.2) is 0 Å². The maximum atomic E-state index is 5.64. The minimum atomic E-state index is 0.219. The first kappa shape index (κ1) is 13.9. The molecule has 0 fully saturated rings. The normalized spacial score (nSPS) is 11.8. The second kappa shape index (κ2) is 5.62. The summed E-state index contributed by atoms with van der Waals surface area (Å²) in [6, 6.07) is 13.2. The lowest BCUT2D eigenvalue weighted by Gasteiger charge is -2.19. The number of hydrogen-bond donors (Lipinski definition) is 1. The highest BCUT2D eigenvalue weighted by atomic mass is 15.0. The number of rotatable bonds is 4. The van der Waals surface area contributed by atoms with Gasteiger partial charge < -0.3 is 10.3 Å². The molecule has 2 rings (SSSR count). The molecule has 0 bridgehead atoms. The largest absolute Gasteiger partial charge is 0.347 e. The zero-order chi connectivity index (χ0) is 13.9. The van der Waals surface area contributed by atoms with E-state index in [4.69, 9.17) is 5.73 Å². The zero-order valence-corrected chi connectivity index (χ0v) is 12.2. The van der Waals surface area contributed by atoms with E-state index in [0.717, 1.165) is 13.0 Å². The van der Waals surface area contributed by atoms with Crippen LogP contribution in [0.5, 0.6) is 0 Å². The van der Waals surface area contributed by atoms with Crippen molar-refractivity contribution in [3.05, 3.63) is 59.4 Å².